The lowest BCUT2D eigenvalue weighted by atomic mass is 10.2. The third-order valence-corrected chi connectivity index (χ3v) is 2.30. The van der Waals surface area contributed by atoms with Gasteiger partial charge in [-0.3, -0.25) is 0 Å². The van der Waals surface area contributed by atoms with Gasteiger partial charge in [-0.05, 0) is 32.9 Å². The number of aromatic hydroxyl groups is 1. The first kappa shape index (κ1) is 18.7. The SMILES string of the molecule is CC(C)(C)OC(=O)NCC=Cc1ccc(OC(F)(F)F)cc1O. The van der Waals surface area contributed by atoms with Crippen molar-refractivity contribution in [2.24, 2.45) is 0 Å². The summed E-state index contributed by atoms with van der Waals surface area (Å²) in [6.07, 6.45) is -2.45. The van der Waals surface area contributed by atoms with Crippen molar-refractivity contribution in [2.75, 3.05) is 6.54 Å². The minimum Gasteiger partial charge on any atom is -0.507 e. The normalized spacial score (nSPS) is 12.3. The number of nitrogens with one attached hydrogen (secondary N) is 1. The molecule has 0 atom stereocenters. The number of carbonyl (C=O) groups excluding carboxylic acids is 1. The zero-order valence-electron chi connectivity index (χ0n) is 12.9. The van der Waals surface area contributed by atoms with Crippen LogP contribution in [0.1, 0.15) is 26.3 Å². The van der Waals surface area contributed by atoms with Gasteiger partial charge >= 0.3 is 12.5 Å². The second-order valence-electron chi connectivity index (χ2n) is 5.55. The van der Waals surface area contributed by atoms with Gasteiger partial charge in [-0.2, -0.15) is 0 Å². The Bertz CT molecular complexity index is 577. The fraction of sp³-hybridized carbons (Fsp3) is 0.400. The van der Waals surface area contributed by atoms with Gasteiger partial charge in [0.05, 0.1) is 0 Å². The maximum atomic E-state index is 12.0. The number of phenolic OH excluding ortho intramolecular Hbond substituents is 1. The number of rotatable bonds is 4. The molecular formula is C15H18F3NO4. The van der Waals surface area contributed by atoms with Gasteiger partial charge in [0.15, 0.2) is 0 Å². The summed E-state index contributed by atoms with van der Waals surface area (Å²) in [6.45, 7) is 5.32. The Labute approximate surface area is 131 Å². The van der Waals surface area contributed by atoms with E-state index in [1.165, 1.54) is 18.2 Å². The Morgan fingerprint density at radius 3 is 2.48 bits per heavy atom. The minimum atomic E-state index is -4.82. The number of carbonyl (C=O) groups is 1. The van der Waals surface area contributed by atoms with E-state index >= 15 is 0 Å². The lowest BCUT2D eigenvalue weighted by Crippen LogP contribution is -2.32. The predicted molar refractivity (Wildman–Crippen MR) is 78.1 cm³/mol. The molecule has 0 fully saturated rings. The van der Waals surface area contributed by atoms with E-state index in [1.807, 2.05) is 0 Å². The van der Waals surface area contributed by atoms with Crippen LogP contribution in [-0.4, -0.2) is 29.7 Å². The van der Waals surface area contributed by atoms with Gasteiger partial charge in [-0.1, -0.05) is 12.2 Å². The summed E-state index contributed by atoms with van der Waals surface area (Å²) in [5.41, 5.74) is -0.328. The third-order valence-electron chi connectivity index (χ3n) is 2.30. The molecular weight excluding hydrogens is 315 g/mol. The quantitative estimate of drug-likeness (QED) is 0.879. The maximum Gasteiger partial charge on any atom is 0.573 e. The molecule has 0 spiro atoms. The molecule has 8 heteroatoms. The number of phenols is 1. The Morgan fingerprint density at radius 2 is 1.96 bits per heavy atom. The van der Waals surface area contributed by atoms with Crippen molar-refractivity contribution >= 4 is 12.2 Å². The molecule has 0 saturated heterocycles. The summed E-state index contributed by atoms with van der Waals surface area (Å²) in [7, 11) is 0. The van der Waals surface area contributed by atoms with Crippen LogP contribution >= 0.6 is 0 Å². The zero-order valence-corrected chi connectivity index (χ0v) is 12.9. The second-order valence-corrected chi connectivity index (χ2v) is 5.55. The summed E-state index contributed by atoms with van der Waals surface area (Å²) in [5.74, 6) is -0.890. The number of amides is 1. The van der Waals surface area contributed by atoms with Crippen LogP contribution in [0, 0.1) is 0 Å². The van der Waals surface area contributed by atoms with Gasteiger partial charge < -0.3 is 19.9 Å². The molecule has 0 aliphatic rings. The highest BCUT2D eigenvalue weighted by Crippen LogP contribution is 2.28. The molecule has 0 aromatic heterocycles. The molecule has 1 rings (SSSR count). The Balaban J connectivity index is 2.56. The van der Waals surface area contributed by atoms with E-state index in [9.17, 15) is 23.1 Å². The first-order valence-electron chi connectivity index (χ1n) is 6.68. The highest BCUT2D eigenvalue weighted by molar-refractivity contribution is 5.68. The van der Waals surface area contributed by atoms with Gasteiger partial charge in [0.25, 0.3) is 0 Å². The average molecular weight is 333 g/mol. The Kier molecular flexibility index (Phi) is 5.89. The van der Waals surface area contributed by atoms with Gasteiger partial charge in [0.2, 0.25) is 0 Å². The van der Waals surface area contributed by atoms with Crippen LogP contribution in [0.3, 0.4) is 0 Å². The lowest BCUT2D eigenvalue weighted by molar-refractivity contribution is -0.274. The van der Waals surface area contributed by atoms with E-state index < -0.39 is 23.8 Å². The van der Waals surface area contributed by atoms with E-state index in [4.69, 9.17) is 4.74 Å². The molecule has 0 radical (unpaired) electrons. The monoisotopic (exact) mass is 333 g/mol. The molecule has 0 bridgehead atoms. The number of hydrogen-bond acceptors (Lipinski definition) is 4. The largest absolute Gasteiger partial charge is 0.573 e. The van der Waals surface area contributed by atoms with Crippen LogP contribution in [0.25, 0.3) is 6.08 Å². The number of alkyl halides is 3. The molecule has 128 valence electrons. The van der Waals surface area contributed by atoms with Gasteiger partial charge in [-0.15, -0.1) is 13.2 Å². The first-order valence-corrected chi connectivity index (χ1v) is 6.68. The van der Waals surface area contributed by atoms with E-state index in [-0.39, 0.29) is 17.9 Å². The minimum absolute atomic E-state index is 0.134. The van der Waals surface area contributed by atoms with Crippen molar-refractivity contribution in [2.45, 2.75) is 32.7 Å². The van der Waals surface area contributed by atoms with Gasteiger partial charge in [0, 0.05) is 18.2 Å². The van der Waals surface area contributed by atoms with E-state index in [0.29, 0.717) is 0 Å². The van der Waals surface area contributed by atoms with Crippen molar-refractivity contribution < 1.29 is 32.5 Å². The summed E-state index contributed by atoms with van der Waals surface area (Å²) in [6, 6.07) is 3.20. The molecule has 1 amide bonds. The van der Waals surface area contributed by atoms with Crippen LogP contribution < -0.4 is 10.1 Å². The smallest absolute Gasteiger partial charge is 0.507 e. The van der Waals surface area contributed by atoms with Crippen molar-refractivity contribution in [3.63, 3.8) is 0 Å². The van der Waals surface area contributed by atoms with Gasteiger partial charge in [-0.25, -0.2) is 4.79 Å². The van der Waals surface area contributed by atoms with Crippen LogP contribution in [0.2, 0.25) is 0 Å². The van der Waals surface area contributed by atoms with Crippen LogP contribution in [0.15, 0.2) is 24.3 Å². The van der Waals surface area contributed by atoms with Crippen molar-refractivity contribution in [3.05, 3.63) is 29.8 Å². The first-order chi connectivity index (χ1) is 10.5. The molecule has 0 saturated carbocycles. The average Bonchev–Trinajstić information content (AvgIpc) is 2.32. The highest BCUT2D eigenvalue weighted by Gasteiger charge is 2.31. The number of hydrogen-bond donors (Lipinski definition) is 2. The standard InChI is InChI=1S/C15H18F3NO4/c1-14(2,3)23-13(21)19-8-4-5-10-6-7-11(9-12(10)20)22-15(16,17)18/h4-7,9,20H,8H2,1-3H3,(H,19,21). The Morgan fingerprint density at radius 1 is 1.30 bits per heavy atom. The number of ether oxygens (including phenoxy) is 2. The maximum absolute atomic E-state index is 12.0. The summed E-state index contributed by atoms with van der Waals surface area (Å²) >= 11 is 0. The molecule has 1 aromatic carbocycles. The summed E-state index contributed by atoms with van der Waals surface area (Å²) in [4.78, 5) is 11.4. The summed E-state index contributed by atoms with van der Waals surface area (Å²) < 4.78 is 44.8. The van der Waals surface area contributed by atoms with Crippen molar-refractivity contribution in [3.8, 4) is 11.5 Å². The van der Waals surface area contributed by atoms with Gasteiger partial charge in [0.1, 0.15) is 17.1 Å². The molecule has 1 aromatic rings. The van der Waals surface area contributed by atoms with Crippen molar-refractivity contribution in [1.29, 1.82) is 0 Å². The van der Waals surface area contributed by atoms with Crippen LogP contribution in [-0.2, 0) is 4.74 Å². The van der Waals surface area contributed by atoms with Crippen molar-refractivity contribution in [1.82, 2.24) is 5.32 Å². The molecule has 0 unspecified atom stereocenters. The molecule has 0 heterocycles. The molecule has 23 heavy (non-hydrogen) atoms. The van der Waals surface area contributed by atoms with E-state index in [2.05, 4.69) is 10.1 Å². The fourth-order valence-corrected chi connectivity index (χ4v) is 1.50. The molecule has 0 aliphatic carbocycles. The van der Waals surface area contributed by atoms with Crippen LogP contribution in [0.5, 0.6) is 11.5 Å². The fourth-order valence-electron chi connectivity index (χ4n) is 1.50. The molecule has 5 nitrogen and oxygen atoms in total. The van der Waals surface area contributed by atoms with E-state index in [0.717, 1.165) is 12.1 Å². The number of benzene rings is 1. The zero-order chi connectivity index (χ0) is 17.7. The highest BCUT2D eigenvalue weighted by atomic mass is 19.4. The summed E-state index contributed by atoms with van der Waals surface area (Å²) in [5, 5.41) is 12.1. The second kappa shape index (κ2) is 7.26. The Hall–Kier alpha value is -2.38. The molecule has 2 N–H and O–H groups in total. The topological polar surface area (TPSA) is 67.8 Å². The lowest BCUT2D eigenvalue weighted by Gasteiger charge is -2.19. The van der Waals surface area contributed by atoms with Crippen LogP contribution in [0.4, 0.5) is 18.0 Å². The van der Waals surface area contributed by atoms with E-state index in [1.54, 1.807) is 20.8 Å². The number of halogens is 3. The predicted octanol–water partition coefficient (Wildman–Crippen LogP) is 3.83. The third kappa shape index (κ3) is 7.98. The number of alkyl carbamates (subject to hydrolysis) is 1. The molecule has 0 aliphatic heterocycles.